The van der Waals surface area contributed by atoms with Crippen molar-refractivity contribution < 1.29 is 18.0 Å². The van der Waals surface area contributed by atoms with Gasteiger partial charge < -0.3 is 5.32 Å². The third-order valence-corrected chi connectivity index (χ3v) is 6.10. The molecule has 0 saturated heterocycles. The molecule has 1 heterocycles. The van der Waals surface area contributed by atoms with E-state index in [2.05, 4.69) is 5.32 Å². The van der Waals surface area contributed by atoms with Gasteiger partial charge in [0.15, 0.2) is 0 Å². The topological polar surface area (TPSA) is 68.5 Å². The fraction of sp³-hybridized carbons (Fsp3) is 0.192. The van der Waals surface area contributed by atoms with Gasteiger partial charge in [-0.3, -0.25) is 9.80 Å². The first kappa shape index (κ1) is 24.3. The van der Waals surface area contributed by atoms with Crippen LogP contribution in [0.3, 0.4) is 0 Å². The summed E-state index contributed by atoms with van der Waals surface area (Å²) < 4.78 is 39.1. The second-order valence-electron chi connectivity index (χ2n) is 8.39. The van der Waals surface area contributed by atoms with Gasteiger partial charge in [0.05, 0.1) is 34.9 Å². The van der Waals surface area contributed by atoms with Crippen LogP contribution in [0.5, 0.6) is 0 Å². The van der Waals surface area contributed by atoms with Gasteiger partial charge in [-0.2, -0.15) is 23.5 Å². The van der Waals surface area contributed by atoms with Gasteiger partial charge in [-0.05, 0) is 48.4 Å². The number of hydrogen-bond acceptors (Lipinski definition) is 4. The molecule has 9 heteroatoms. The summed E-state index contributed by atoms with van der Waals surface area (Å²) in [5, 5.41) is 18.6. The Bertz CT molecular complexity index is 1320. The summed E-state index contributed by atoms with van der Waals surface area (Å²) in [5.74, 6) is -0.467. The number of halogens is 4. The molecule has 0 bridgehead atoms. The first-order chi connectivity index (χ1) is 16.6. The van der Waals surface area contributed by atoms with Gasteiger partial charge in [0, 0.05) is 10.7 Å². The van der Waals surface area contributed by atoms with Crippen molar-refractivity contribution in [2.45, 2.75) is 18.5 Å². The maximum Gasteiger partial charge on any atom is 0.417 e. The lowest BCUT2D eigenvalue weighted by Crippen LogP contribution is -2.38. The Morgan fingerprint density at radius 2 is 1.83 bits per heavy atom. The standard InChI is InChI=1S/C26H20ClF3N4O/c1-25(19-5-3-2-4-6-19)16-34(33-24(25)17-7-9-20(27)10-8-17)15-23(35)32-21-11-12-22(26(28,29)30)18(13-21)14-31/h2-13H,15-16H2,1H3,(H,32,35). The van der Waals surface area contributed by atoms with Crippen LogP contribution in [0.25, 0.3) is 0 Å². The van der Waals surface area contributed by atoms with Crippen molar-refractivity contribution in [3.63, 3.8) is 0 Å². The molecule has 5 nitrogen and oxygen atoms in total. The maximum absolute atomic E-state index is 13.0. The van der Waals surface area contributed by atoms with Crippen LogP contribution < -0.4 is 5.32 Å². The number of hydrazone groups is 1. The van der Waals surface area contributed by atoms with E-state index in [1.807, 2.05) is 49.4 Å². The molecule has 178 valence electrons. The van der Waals surface area contributed by atoms with E-state index in [4.69, 9.17) is 22.0 Å². The number of nitrogens with zero attached hydrogens (tertiary/aromatic N) is 3. The summed E-state index contributed by atoms with van der Waals surface area (Å²) in [6.45, 7) is 2.34. The highest BCUT2D eigenvalue weighted by atomic mass is 35.5. The van der Waals surface area contributed by atoms with E-state index in [0.717, 1.165) is 35.0 Å². The zero-order chi connectivity index (χ0) is 25.2. The summed E-state index contributed by atoms with van der Waals surface area (Å²) in [6.07, 6.45) is -4.65. The number of nitriles is 1. The first-order valence-corrected chi connectivity index (χ1v) is 11.0. The van der Waals surface area contributed by atoms with Crippen molar-refractivity contribution in [1.29, 1.82) is 5.26 Å². The molecule has 1 aliphatic heterocycles. The predicted octanol–water partition coefficient (Wildman–Crippen LogP) is 5.85. The quantitative estimate of drug-likeness (QED) is 0.482. The largest absolute Gasteiger partial charge is 0.417 e. The summed E-state index contributed by atoms with van der Waals surface area (Å²) in [7, 11) is 0. The summed E-state index contributed by atoms with van der Waals surface area (Å²) in [5.41, 5.74) is 0.645. The molecule has 1 N–H and O–H groups in total. The minimum atomic E-state index is -4.65. The molecule has 1 unspecified atom stereocenters. The van der Waals surface area contributed by atoms with E-state index in [1.165, 1.54) is 6.07 Å². The molecule has 0 fully saturated rings. The van der Waals surface area contributed by atoms with Crippen LogP contribution in [0.1, 0.15) is 29.2 Å². The minimum absolute atomic E-state index is 0.103. The molecule has 1 aliphatic rings. The third-order valence-electron chi connectivity index (χ3n) is 5.85. The molecule has 4 rings (SSSR count). The fourth-order valence-electron chi connectivity index (χ4n) is 4.16. The smallest absolute Gasteiger partial charge is 0.324 e. The number of benzene rings is 3. The summed E-state index contributed by atoms with van der Waals surface area (Å²) >= 11 is 6.05. The van der Waals surface area contributed by atoms with E-state index >= 15 is 0 Å². The number of anilines is 1. The van der Waals surface area contributed by atoms with Crippen molar-refractivity contribution in [3.05, 3.63) is 100 Å². The summed E-state index contributed by atoms with van der Waals surface area (Å²) in [4.78, 5) is 12.7. The van der Waals surface area contributed by atoms with E-state index in [-0.39, 0.29) is 12.2 Å². The molecular weight excluding hydrogens is 477 g/mol. The Kier molecular flexibility index (Phi) is 6.55. The van der Waals surface area contributed by atoms with Crippen LogP contribution in [-0.2, 0) is 16.4 Å². The highest BCUT2D eigenvalue weighted by Crippen LogP contribution is 2.36. The second-order valence-corrected chi connectivity index (χ2v) is 8.83. The fourth-order valence-corrected chi connectivity index (χ4v) is 4.29. The zero-order valence-corrected chi connectivity index (χ0v) is 19.4. The highest BCUT2D eigenvalue weighted by molar-refractivity contribution is 6.30. The maximum atomic E-state index is 13.0. The molecule has 1 amide bonds. The van der Waals surface area contributed by atoms with Crippen molar-refractivity contribution >= 4 is 28.9 Å². The molecule has 0 radical (unpaired) electrons. The molecule has 0 aliphatic carbocycles. The average Bonchev–Trinajstić information content (AvgIpc) is 3.16. The molecule has 35 heavy (non-hydrogen) atoms. The number of nitrogens with one attached hydrogen (secondary N) is 1. The zero-order valence-electron chi connectivity index (χ0n) is 18.6. The third kappa shape index (κ3) is 5.15. The van der Waals surface area contributed by atoms with Gasteiger partial charge in [-0.1, -0.05) is 54.1 Å². The number of rotatable bonds is 5. The molecule has 0 saturated carbocycles. The molecule has 3 aromatic rings. The van der Waals surface area contributed by atoms with Crippen molar-refractivity contribution in [2.75, 3.05) is 18.4 Å². The van der Waals surface area contributed by atoms with Crippen LogP contribution in [0.2, 0.25) is 5.02 Å². The van der Waals surface area contributed by atoms with E-state index < -0.39 is 28.6 Å². The molecule has 0 spiro atoms. The monoisotopic (exact) mass is 496 g/mol. The minimum Gasteiger partial charge on any atom is -0.324 e. The normalized spacial score (nSPS) is 17.6. The molecular formula is C26H20ClF3N4O. The Hall–Kier alpha value is -3.83. The highest BCUT2D eigenvalue weighted by Gasteiger charge is 2.41. The Balaban J connectivity index is 1.57. The SMILES string of the molecule is CC1(c2ccccc2)CN(CC(=O)Nc2ccc(C(F)(F)F)c(C#N)c2)N=C1c1ccc(Cl)cc1. The second kappa shape index (κ2) is 9.43. The van der Waals surface area contributed by atoms with Gasteiger partial charge in [-0.15, -0.1) is 0 Å². The predicted molar refractivity (Wildman–Crippen MR) is 128 cm³/mol. The summed E-state index contributed by atoms with van der Waals surface area (Å²) in [6, 6.07) is 21.6. The Labute approximate surface area is 205 Å². The van der Waals surface area contributed by atoms with Gasteiger partial charge in [0.25, 0.3) is 0 Å². The van der Waals surface area contributed by atoms with Crippen LogP contribution in [0.15, 0.2) is 77.9 Å². The molecule has 3 aromatic carbocycles. The van der Waals surface area contributed by atoms with Crippen molar-refractivity contribution in [3.8, 4) is 6.07 Å². The van der Waals surface area contributed by atoms with Crippen molar-refractivity contribution in [2.24, 2.45) is 5.10 Å². The van der Waals surface area contributed by atoms with Gasteiger partial charge in [-0.25, -0.2) is 0 Å². The number of carbonyl (C=O) groups excluding carboxylic acids is 1. The Morgan fingerprint density at radius 1 is 1.14 bits per heavy atom. The number of alkyl halides is 3. The van der Waals surface area contributed by atoms with E-state index in [9.17, 15) is 18.0 Å². The number of amides is 1. The van der Waals surface area contributed by atoms with Gasteiger partial charge in [0.1, 0.15) is 6.54 Å². The van der Waals surface area contributed by atoms with Gasteiger partial charge in [0.2, 0.25) is 5.91 Å². The van der Waals surface area contributed by atoms with Crippen LogP contribution in [0, 0.1) is 11.3 Å². The molecule has 1 atom stereocenters. The van der Waals surface area contributed by atoms with Crippen LogP contribution >= 0.6 is 11.6 Å². The lowest BCUT2D eigenvalue weighted by atomic mass is 9.76. The number of carbonyl (C=O) groups is 1. The van der Waals surface area contributed by atoms with Crippen molar-refractivity contribution in [1.82, 2.24) is 5.01 Å². The van der Waals surface area contributed by atoms with E-state index in [0.29, 0.717) is 11.6 Å². The molecule has 0 aromatic heterocycles. The van der Waals surface area contributed by atoms with Crippen LogP contribution in [0.4, 0.5) is 18.9 Å². The van der Waals surface area contributed by atoms with Crippen LogP contribution in [-0.4, -0.2) is 29.7 Å². The first-order valence-electron chi connectivity index (χ1n) is 10.7. The lowest BCUT2D eigenvalue weighted by molar-refractivity contribution is -0.137. The van der Waals surface area contributed by atoms with E-state index in [1.54, 1.807) is 17.1 Å². The van der Waals surface area contributed by atoms with Gasteiger partial charge >= 0.3 is 6.18 Å². The Morgan fingerprint density at radius 3 is 2.46 bits per heavy atom. The average molecular weight is 497 g/mol. The number of hydrogen-bond donors (Lipinski definition) is 1. The lowest BCUT2D eigenvalue weighted by Gasteiger charge is -2.27.